The van der Waals surface area contributed by atoms with Gasteiger partial charge < -0.3 is 19.9 Å². The van der Waals surface area contributed by atoms with Crippen molar-refractivity contribution in [1.82, 2.24) is 14.7 Å². The van der Waals surface area contributed by atoms with Crippen LogP contribution in [-0.4, -0.2) is 31.5 Å². The van der Waals surface area contributed by atoms with Gasteiger partial charge in [-0.3, -0.25) is 4.79 Å². The third-order valence-corrected chi connectivity index (χ3v) is 5.47. The van der Waals surface area contributed by atoms with Gasteiger partial charge in [0, 0.05) is 23.5 Å². The van der Waals surface area contributed by atoms with Crippen molar-refractivity contribution in [1.29, 1.82) is 0 Å². The Morgan fingerprint density at radius 1 is 1.21 bits per heavy atom. The van der Waals surface area contributed by atoms with Crippen LogP contribution in [0.3, 0.4) is 0 Å². The van der Waals surface area contributed by atoms with Crippen LogP contribution in [0.2, 0.25) is 0 Å². The highest BCUT2D eigenvalue weighted by atomic mass is 16.3. The fourth-order valence-electron chi connectivity index (χ4n) is 3.20. The van der Waals surface area contributed by atoms with E-state index in [1.165, 1.54) is 11.1 Å². The standard InChI is InChI=1S/C17H25N3O3.C6H4/c1-6-9(3)18-17(23)12-8-20-11(5)10(4)19-16(20)15(22)14(12)13(21)7-2;1-2-5-4-6(5)3-1/h8-9,13,21-22H,6-7H2,1-5H3,(H,18,23);1-4H. The summed E-state index contributed by atoms with van der Waals surface area (Å²) in [7, 11) is 0. The summed E-state index contributed by atoms with van der Waals surface area (Å²) in [4.78, 5) is 16.9. The molecule has 6 nitrogen and oxygen atoms in total. The zero-order valence-corrected chi connectivity index (χ0v) is 17.7. The predicted molar refractivity (Wildman–Crippen MR) is 114 cm³/mol. The van der Waals surface area contributed by atoms with Crippen LogP contribution in [-0.2, 0) is 0 Å². The molecule has 2 atom stereocenters. The minimum Gasteiger partial charge on any atom is -0.504 e. The maximum atomic E-state index is 12.6. The maximum absolute atomic E-state index is 12.6. The molecule has 154 valence electrons. The Morgan fingerprint density at radius 2 is 1.86 bits per heavy atom. The van der Waals surface area contributed by atoms with E-state index in [2.05, 4.69) is 34.6 Å². The second-order valence-corrected chi connectivity index (χ2v) is 7.57. The first kappa shape index (κ1) is 20.9. The van der Waals surface area contributed by atoms with Gasteiger partial charge in [-0.05, 0) is 50.8 Å². The Hall–Kier alpha value is -2.86. The number of aryl methyl sites for hydroxylation is 2. The van der Waals surface area contributed by atoms with E-state index in [0.717, 1.165) is 17.8 Å². The van der Waals surface area contributed by atoms with E-state index in [4.69, 9.17) is 0 Å². The van der Waals surface area contributed by atoms with Gasteiger partial charge in [0.05, 0.1) is 17.4 Å². The number of imidazole rings is 1. The average Bonchev–Trinajstić information content (AvgIpc) is 3.20. The van der Waals surface area contributed by atoms with E-state index in [0.29, 0.717) is 12.1 Å². The molecule has 0 aromatic carbocycles. The van der Waals surface area contributed by atoms with E-state index in [1.807, 2.05) is 27.7 Å². The van der Waals surface area contributed by atoms with Crippen molar-refractivity contribution in [3.63, 3.8) is 0 Å². The molecule has 2 aromatic rings. The number of carbonyl (C=O) groups is 1. The van der Waals surface area contributed by atoms with Crippen molar-refractivity contribution < 1.29 is 15.0 Å². The number of amides is 1. The van der Waals surface area contributed by atoms with Crippen molar-refractivity contribution in [2.75, 3.05) is 0 Å². The number of benzene rings is 1. The van der Waals surface area contributed by atoms with Gasteiger partial charge in [0.25, 0.3) is 5.91 Å². The molecule has 3 N–H and O–H groups in total. The maximum Gasteiger partial charge on any atom is 0.253 e. The van der Waals surface area contributed by atoms with E-state index in [9.17, 15) is 15.0 Å². The Labute approximate surface area is 171 Å². The monoisotopic (exact) mass is 395 g/mol. The van der Waals surface area contributed by atoms with Crippen LogP contribution < -0.4 is 5.32 Å². The molecule has 0 bridgehead atoms. The van der Waals surface area contributed by atoms with Gasteiger partial charge in [-0.1, -0.05) is 32.0 Å². The molecule has 0 aliphatic heterocycles. The van der Waals surface area contributed by atoms with Crippen LogP contribution >= 0.6 is 0 Å². The molecule has 0 radical (unpaired) electrons. The summed E-state index contributed by atoms with van der Waals surface area (Å²) >= 11 is 0. The first-order chi connectivity index (χ1) is 13.8. The van der Waals surface area contributed by atoms with Gasteiger partial charge in [-0.2, -0.15) is 0 Å². The highest BCUT2D eigenvalue weighted by Crippen LogP contribution is 2.34. The summed E-state index contributed by atoms with van der Waals surface area (Å²) in [6.45, 7) is 9.42. The number of aliphatic hydroxyl groups is 1. The average molecular weight is 396 g/mol. The van der Waals surface area contributed by atoms with Crippen LogP contribution in [0.4, 0.5) is 0 Å². The van der Waals surface area contributed by atoms with Gasteiger partial charge in [0.2, 0.25) is 0 Å². The quantitative estimate of drug-likeness (QED) is 0.470. The number of hydrogen-bond acceptors (Lipinski definition) is 4. The normalized spacial score (nSPS) is 13.4. The van der Waals surface area contributed by atoms with E-state index >= 15 is 0 Å². The third kappa shape index (κ3) is 4.12. The fraction of sp³-hybridized carbons (Fsp3) is 0.391. The van der Waals surface area contributed by atoms with Crippen LogP contribution in [0, 0.1) is 13.8 Å². The molecule has 0 spiro atoms. The Morgan fingerprint density at radius 3 is 2.34 bits per heavy atom. The van der Waals surface area contributed by atoms with Crippen molar-refractivity contribution in [2.45, 2.75) is 59.6 Å². The molecular weight excluding hydrogens is 366 g/mol. The molecule has 2 aliphatic carbocycles. The molecule has 0 saturated carbocycles. The molecule has 6 heteroatoms. The zero-order chi connectivity index (χ0) is 21.3. The lowest BCUT2D eigenvalue weighted by atomic mass is 10.0. The molecule has 4 rings (SSSR count). The van der Waals surface area contributed by atoms with E-state index in [-0.39, 0.29) is 28.8 Å². The lowest BCUT2D eigenvalue weighted by Gasteiger charge is -2.18. The lowest BCUT2D eigenvalue weighted by Crippen LogP contribution is -2.33. The Balaban J connectivity index is 0.000000334. The highest BCUT2D eigenvalue weighted by molar-refractivity contribution is 5.97. The number of nitrogens with one attached hydrogen (secondary N) is 1. The number of aromatic hydroxyl groups is 1. The second kappa shape index (κ2) is 8.25. The summed E-state index contributed by atoms with van der Waals surface area (Å²) in [5, 5.41) is 23.8. The summed E-state index contributed by atoms with van der Waals surface area (Å²) in [5.41, 5.74) is 5.37. The number of nitrogens with zero attached hydrogens (tertiary/aromatic N) is 2. The predicted octanol–water partition coefficient (Wildman–Crippen LogP) is 4.30. The summed E-state index contributed by atoms with van der Waals surface area (Å²) < 4.78 is 1.70. The van der Waals surface area contributed by atoms with E-state index < -0.39 is 6.10 Å². The topological polar surface area (TPSA) is 86.9 Å². The van der Waals surface area contributed by atoms with Crippen LogP contribution in [0.5, 0.6) is 5.75 Å². The summed E-state index contributed by atoms with van der Waals surface area (Å²) in [6, 6.07) is 8.49. The Bertz CT molecular complexity index is 1040. The van der Waals surface area contributed by atoms with Crippen molar-refractivity contribution in [3.05, 3.63) is 53.0 Å². The number of fused-ring (bicyclic) bond motifs is 2. The highest BCUT2D eigenvalue weighted by Gasteiger charge is 2.25. The van der Waals surface area contributed by atoms with Crippen LogP contribution in [0.25, 0.3) is 16.8 Å². The second-order valence-electron chi connectivity index (χ2n) is 7.57. The number of aliphatic hydroxyl groups excluding tert-OH is 1. The molecule has 2 heterocycles. The van der Waals surface area contributed by atoms with Crippen LogP contribution in [0.15, 0.2) is 30.5 Å². The molecule has 0 saturated heterocycles. The summed E-state index contributed by atoms with van der Waals surface area (Å²) in [6.07, 6.45) is 1.92. The van der Waals surface area contributed by atoms with Crippen molar-refractivity contribution in [2.24, 2.45) is 0 Å². The number of pyridine rings is 1. The molecule has 2 aliphatic rings. The molecule has 1 amide bonds. The molecular formula is C23H29N3O3. The van der Waals surface area contributed by atoms with Crippen LogP contribution in [0.1, 0.15) is 67.0 Å². The number of rotatable bonds is 5. The fourth-order valence-corrected chi connectivity index (χ4v) is 3.20. The minimum atomic E-state index is -0.921. The molecule has 2 unspecified atom stereocenters. The zero-order valence-electron chi connectivity index (χ0n) is 17.7. The van der Waals surface area contributed by atoms with Gasteiger partial charge in [-0.25, -0.2) is 4.98 Å². The SMILES string of the molecule is CCC(C)NC(=O)c1cn2c(C)c(C)nc2c(O)c1C(O)CC.c1cc2cc-2c1. The minimum absolute atomic E-state index is 0.0116. The first-order valence-corrected chi connectivity index (χ1v) is 10.1. The first-order valence-electron chi connectivity index (χ1n) is 10.1. The number of hydrogen-bond donors (Lipinski definition) is 3. The van der Waals surface area contributed by atoms with Crippen molar-refractivity contribution in [3.8, 4) is 16.9 Å². The van der Waals surface area contributed by atoms with Gasteiger partial charge >= 0.3 is 0 Å². The molecule has 2 aromatic heterocycles. The lowest BCUT2D eigenvalue weighted by molar-refractivity contribution is 0.0929. The number of carbonyl (C=O) groups excluding carboxylic acids is 1. The molecule has 0 fully saturated rings. The molecule has 29 heavy (non-hydrogen) atoms. The van der Waals surface area contributed by atoms with Gasteiger partial charge in [0.1, 0.15) is 0 Å². The largest absolute Gasteiger partial charge is 0.504 e. The smallest absolute Gasteiger partial charge is 0.253 e. The Kier molecular flexibility index (Phi) is 5.94. The van der Waals surface area contributed by atoms with Crippen molar-refractivity contribution >= 4 is 11.6 Å². The van der Waals surface area contributed by atoms with Gasteiger partial charge in [-0.15, -0.1) is 0 Å². The van der Waals surface area contributed by atoms with Gasteiger partial charge in [0.15, 0.2) is 11.4 Å². The number of aromatic nitrogens is 2. The third-order valence-electron chi connectivity index (χ3n) is 5.47. The van der Waals surface area contributed by atoms with E-state index in [1.54, 1.807) is 17.5 Å². The summed E-state index contributed by atoms with van der Waals surface area (Å²) in [5.74, 6) is -0.433.